The molecule has 2 aromatic carbocycles. The number of carboxylic acid groups (broad SMARTS) is 1. The molecule has 2 saturated heterocycles. The van der Waals surface area contributed by atoms with Crippen molar-refractivity contribution in [1.82, 2.24) is 24.4 Å². The number of aliphatic carboxylic acids is 1. The Morgan fingerprint density at radius 3 is 2.50 bits per heavy atom. The summed E-state index contributed by atoms with van der Waals surface area (Å²) in [5, 5.41) is 11.7. The number of fused-ring (bicyclic) bond motifs is 2. The van der Waals surface area contributed by atoms with Crippen LogP contribution in [0.3, 0.4) is 0 Å². The van der Waals surface area contributed by atoms with E-state index in [9.17, 15) is 9.90 Å². The number of halogens is 1. The smallest absolute Gasteiger partial charge is 0.337 e. The molecule has 46 heavy (non-hydrogen) atoms. The summed E-state index contributed by atoms with van der Waals surface area (Å²) < 4.78 is 14.5. The van der Waals surface area contributed by atoms with Crippen LogP contribution in [-0.2, 0) is 21.3 Å². The molecule has 0 radical (unpaired) electrons. The Kier molecular flexibility index (Phi) is 8.13. The van der Waals surface area contributed by atoms with Gasteiger partial charge in [-0.1, -0.05) is 23.7 Å². The van der Waals surface area contributed by atoms with Gasteiger partial charge in [0, 0.05) is 35.0 Å². The van der Waals surface area contributed by atoms with Gasteiger partial charge in [-0.3, -0.25) is 4.90 Å². The number of benzene rings is 2. The second-order valence-corrected chi connectivity index (χ2v) is 14.9. The van der Waals surface area contributed by atoms with E-state index in [2.05, 4.69) is 15.7 Å². The SMILES string of the molecule is Cc1cc2nc(-c3cnc4c(n3)c(C3CCN(C5COC5)CC3)cn4C)sc2c(-c2ccc(Cl)cc2)c1C(OC(C)(C)C)C(=O)O. The minimum Gasteiger partial charge on any atom is -0.479 e. The third kappa shape index (κ3) is 5.82. The highest BCUT2D eigenvalue weighted by Crippen LogP contribution is 2.44. The maximum atomic E-state index is 12.7. The lowest BCUT2D eigenvalue weighted by atomic mass is 9.89. The quantitative estimate of drug-likeness (QED) is 0.193. The van der Waals surface area contributed by atoms with Crippen molar-refractivity contribution in [3.8, 4) is 21.8 Å². The Hall–Kier alpha value is -3.41. The van der Waals surface area contributed by atoms with E-state index in [1.807, 2.05) is 65.1 Å². The van der Waals surface area contributed by atoms with Gasteiger partial charge in [-0.05, 0) is 88.9 Å². The monoisotopic (exact) mass is 659 g/mol. The zero-order chi connectivity index (χ0) is 32.3. The van der Waals surface area contributed by atoms with Gasteiger partial charge in [0.1, 0.15) is 16.2 Å². The molecule has 11 heteroatoms. The second-order valence-electron chi connectivity index (χ2n) is 13.4. The van der Waals surface area contributed by atoms with Crippen LogP contribution < -0.4 is 0 Å². The maximum Gasteiger partial charge on any atom is 0.337 e. The van der Waals surface area contributed by atoms with Crippen LogP contribution in [0.25, 0.3) is 43.2 Å². The number of aromatic nitrogens is 4. The predicted molar refractivity (Wildman–Crippen MR) is 182 cm³/mol. The minimum absolute atomic E-state index is 0.415. The molecule has 2 fully saturated rings. The van der Waals surface area contributed by atoms with Crippen LogP contribution >= 0.6 is 22.9 Å². The lowest BCUT2D eigenvalue weighted by Gasteiger charge is -2.41. The van der Waals surface area contributed by atoms with Gasteiger partial charge in [-0.25, -0.2) is 19.7 Å². The van der Waals surface area contributed by atoms with Gasteiger partial charge in [0.25, 0.3) is 0 Å². The van der Waals surface area contributed by atoms with E-state index in [0.29, 0.717) is 28.2 Å². The molecule has 1 unspecified atom stereocenters. The van der Waals surface area contributed by atoms with Gasteiger partial charge in [-0.15, -0.1) is 11.3 Å². The van der Waals surface area contributed by atoms with Crippen molar-refractivity contribution in [2.45, 2.75) is 64.2 Å². The van der Waals surface area contributed by atoms with Crippen molar-refractivity contribution >= 4 is 50.3 Å². The van der Waals surface area contributed by atoms with Gasteiger partial charge >= 0.3 is 5.97 Å². The van der Waals surface area contributed by atoms with E-state index >= 15 is 0 Å². The molecular formula is C35H38ClN5O4S. The van der Waals surface area contributed by atoms with Crippen molar-refractivity contribution in [2.75, 3.05) is 26.3 Å². The number of carbonyl (C=O) groups is 1. The lowest BCUT2D eigenvalue weighted by molar-refractivity contribution is -0.160. The molecule has 1 N–H and O–H groups in total. The highest BCUT2D eigenvalue weighted by atomic mass is 35.5. The predicted octanol–water partition coefficient (Wildman–Crippen LogP) is 7.39. The molecule has 1 atom stereocenters. The molecule has 2 aliphatic rings. The fraction of sp³-hybridized carbons (Fsp3) is 0.429. The first-order valence-electron chi connectivity index (χ1n) is 15.7. The molecule has 2 aliphatic heterocycles. The summed E-state index contributed by atoms with van der Waals surface area (Å²) in [6.07, 6.45) is 4.97. The number of hydrogen-bond donors (Lipinski definition) is 1. The van der Waals surface area contributed by atoms with Crippen LogP contribution in [0, 0.1) is 6.92 Å². The van der Waals surface area contributed by atoms with Crippen LogP contribution in [0.1, 0.15) is 62.3 Å². The highest BCUT2D eigenvalue weighted by molar-refractivity contribution is 7.22. The number of rotatable bonds is 7. The summed E-state index contributed by atoms with van der Waals surface area (Å²) >= 11 is 7.76. The molecule has 0 amide bonds. The molecule has 0 saturated carbocycles. The van der Waals surface area contributed by atoms with E-state index in [4.69, 9.17) is 36.0 Å². The Labute approximate surface area is 277 Å². The number of thiazole rings is 1. The van der Waals surface area contributed by atoms with Gasteiger partial charge in [0.05, 0.1) is 41.3 Å². The Morgan fingerprint density at radius 1 is 1.15 bits per heavy atom. The zero-order valence-corrected chi connectivity index (χ0v) is 28.3. The standard InChI is InChI=1S/C35H38ClN5O4S/c1-19-14-25-31(28(21-6-8-22(36)9-7-21)27(19)30(34(42)43)45-35(2,3)4)46-33(39-25)26-15-37-32-29(38-26)24(16-40(32)5)20-10-12-41(13-11-20)23-17-44-18-23/h6-9,14-16,20,23,30H,10-13,17-18H2,1-5H3,(H,42,43). The molecule has 0 spiro atoms. The number of aryl methyl sites for hydroxylation is 2. The van der Waals surface area contributed by atoms with Crippen molar-refractivity contribution in [1.29, 1.82) is 0 Å². The molecule has 5 heterocycles. The Bertz CT molecular complexity index is 1940. The first-order valence-corrected chi connectivity index (χ1v) is 16.9. The number of likely N-dealkylation sites (tertiary alicyclic amines) is 1. The largest absolute Gasteiger partial charge is 0.479 e. The summed E-state index contributed by atoms with van der Waals surface area (Å²) in [7, 11) is 2.03. The van der Waals surface area contributed by atoms with Gasteiger partial charge in [-0.2, -0.15) is 0 Å². The van der Waals surface area contributed by atoms with Crippen molar-refractivity contribution in [3.63, 3.8) is 0 Å². The van der Waals surface area contributed by atoms with Gasteiger partial charge in [0.15, 0.2) is 11.8 Å². The zero-order valence-electron chi connectivity index (χ0n) is 26.7. The molecule has 9 nitrogen and oxygen atoms in total. The molecule has 3 aromatic heterocycles. The van der Waals surface area contributed by atoms with E-state index in [-0.39, 0.29) is 0 Å². The number of nitrogens with zero attached hydrogens (tertiary/aromatic N) is 5. The van der Waals surface area contributed by atoms with Crippen LogP contribution in [-0.4, -0.2) is 73.4 Å². The van der Waals surface area contributed by atoms with Gasteiger partial charge in [0.2, 0.25) is 0 Å². The third-order valence-electron chi connectivity index (χ3n) is 9.04. The van der Waals surface area contributed by atoms with Crippen LogP contribution in [0.15, 0.2) is 42.7 Å². The fourth-order valence-corrected chi connectivity index (χ4v) is 7.93. The molecule has 0 aliphatic carbocycles. The summed E-state index contributed by atoms with van der Waals surface area (Å²) in [6, 6.07) is 9.98. The number of ether oxygens (including phenoxy) is 2. The summed E-state index contributed by atoms with van der Waals surface area (Å²) in [5.74, 6) is -0.629. The maximum absolute atomic E-state index is 12.7. The molecule has 0 bridgehead atoms. The van der Waals surface area contributed by atoms with E-state index < -0.39 is 17.7 Å². The summed E-state index contributed by atoms with van der Waals surface area (Å²) in [5.41, 5.74) is 6.84. The first-order chi connectivity index (χ1) is 22.0. The second kappa shape index (κ2) is 12.0. The molecule has 5 aromatic rings. The van der Waals surface area contributed by atoms with Crippen molar-refractivity contribution in [2.24, 2.45) is 7.05 Å². The van der Waals surface area contributed by atoms with Gasteiger partial charge < -0.3 is 19.1 Å². The number of piperidine rings is 1. The van der Waals surface area contributed by atoms with Crippen LogP contribution in [0.5, 0.6) is 0 Å². The average molecular weight is 660 g/mol. The van der Waals surface area contributed by atoms with E-state index in [0.717, 1.165) is 82.2 Å². The number of carboxylic acids is 1. The normalized spacial score (nSPS) is 17.5. The fourth-order valence-electron chi connectivity index (χ4n) is 6.73. The Morgan fingerprint density at radius 2 is 1.87 bits per heavy atom. The minimum atomic E-state index is -1.17. The molecule has 7 rings (SSSR count). The van der Waals surface area contributed by atoms with E-state index in [1.54, 1.807) is 6.20 Å². The molecular weight excluding hydrogens is 622 g/mol. The average Bonchev–Trinajstić information content (AvgIpc) is 3.55. The first kappa shape index (κ1) is 31.2. The highest BCUT2D eigenvalue weighted by Gasteiger charge is 2.34. The van der Waals surface area contributed by atoms with Crippen LogP contribution in [0.4, 0.5) is 0 Å². The van der Waals surface area contributed by atoms with E-state index in [1.165, 1.54) is 16.9 Å². The van der Waals surface area contributed by atoms with Crippen molar-refractivity contribution < 1.29 is 19.4 Å². The Balaban J connectivity index is 1.33. The third-order valence-corrected chi connectivity index (χ3v) is 10.4. The van der Waals surface area contributed by atoms with Crippen LogP contribution in [0.2, 0.25) is 5.02 Å². The summed E-state index contributed by atoms with van der Waals surface area (Å²) in [6.45, 7) is 11.3. The summed E-state index contributed by atoms with van der Waals surface area (Å²) in [4.78, 5) is 30.3. The lowest BCUT2D eigenvalue weighted by Crippen LogP contribution is -2.51. The van der Waals surface area contributed by atoms with Crippen molar-refractivity contribution in [3.05, 3.63) is 64.4 Å². The topological polar surface area (TPSA) is 103 Å². The number of hydrogen-bond acceptors (Lipinski definition) is 8. The molecule has 240 valence electrons.